The Morgan fingerprint density at radius 3 is 2.75 bits per heavy atom. The summed E-state index contributed by atoms with van der Waals surface area (Å²) in [5.74, 6) is 1.89. The maximum atomic E-state index is 12.5. The van der Waals surface area contributed by atoms with E-state index in [-0.39, 0.29) is 5.91 Å². The summed E-state index contributed by atoms with van der Waals surface area (Å²) in [6, 6.07) is 15.8. The fourth-order valence-electron chi connectivity index (χ4n) is 2.79. The van der Waals surface area contributed by atoms with Crippen LogP contribution >= 0.6 is 11.8 Å². The molecule has 124 valence electrons. The van der Waals surface area contributed by atoms with Gasteiger partial charge in [0.05, 0.1) is 16.6 Å². The van der Waals surface area contributed by atoms with Crippen molar-refractivity contribution in [3.8, 4) is 0 Å². The summed E-state index contributed by atoms with van der Waals surface area (Å²) in [5, 5.41) is 3.03. The largest absolute Gasteiger partial charge is 0.350 e. The molecule has 0 radical (unpaired) electrons. The molecule has 24 heavy (non-hydrogen) atoms. The van der Waals surface area contributed by atoms with Gasteiger partial charge in [0, 0.05) is 18.0 Å². The predicted octanol–water partition coefficient (Wildman–Crippen LogP) is 3.89. The van der Waals surface area contributed by atoms with Crippen LogP contribution in [0, 0.1) is 6.92 Å². The maximum absolute atomic E-state index is 12.5. The smallest absolute Gasteiger partial charge is 0.252 e. The van der Waals surface area contributed by atoms with E-state index in [9.17, 15) is 4.79 Å². The average Bonchev–Trinajstić information content (AvgIpc) is 2.91. The Kier molecular flexibility index (Phi) is 5.20. The van der Waals surface area contributed by atoms with Crippen molar-refractivity contribution >= 4 is 28.7 Å². The first-order valence-corrected chi connectivity index (χ1v) is 9.11. The lowest BCUT2D eigenvalue weighted by molar-refractivity contribution is 0.0949. The molecule has 0 aliphatic rings. The number of thioether (sulfide) groups is 1. The van der Waals surface area contributed by atoms with Crippen LogP contribution in [0.25, 0.3) is 11.0 Å². The first-order valence-electron chi connectivity index (χ1n) is 8.12. The lowest BCUT2D eigenvalue weighted by Gasteiger charge is -2.11. The number of carbonyl (C=O) groups excluding carboxylic acids is 1. The number of nitrogens with zero attached hydrogens (tertiary/aromatic N) is 2. The van der Waals surface area contributed by atoms with E-state index in [0.717, 1.165) is 33.1 Å². The van der Waals surface area contributed by atoms with Gasteiger partial charge in [-0.3, -0.25) is 4.79 Å². The predicted molar refractivity (Wildman–Crippen MR) is 99.6 cm³/mol. The molecule has 0 bridgehead atoms. The van der Waals surface area contributed by atoms with Gasteiger partial charge in [0.1, 0.15) is 5.82 Å². The molecule has 0 atom stereocenters. The molecular weight excluding hydrogens is 318 g/mol. The number of para-hydroxylation sites is 2. The highest BCUT2D eigenvalue weighted by molar-refractivity contribution is 7.99. The zero-order chi connectivity index (χ0) is 16.9. The highest BCUT2D eigenvalue weighted by Gasteiger charge is 2.11. The number of nitrogens with one attached hydrogen (secondary N) is 1. The molecule has 1 aromatic heterocycles. The molecule has 1 amide bonds. The monoisotopic (exact) mass is 339 g/mol. The molecule has 3 aromatic rings. The number of imidazole rings is 1. The van der Waals surface area contributed by atoms with E-state index >= 15 is 0 Å². The maximum Gasteiger partial charge on any atom is 0.252 e. The number of aromatic nitrogens is 2. The third kappa shape index (κ3) is 3.46. The van der Waals surface area contributed by atoms with E-state index < -0.39 is 0 Å². The van der Waals surface area contributed by atoms with Gasteiger partial charge in [-0.25, -0.2) is 4.98 Å². The van der Waals surface area contributed by atoms with E-state index in [4.69, 9.17) is 0 Å². The van der Waals surface area contributed by atoms with Crippen molar-refractivity contribution in [3.05, 3.63) is 59.9 Å². The highest BCUT2D eigenvalue weighted by atomic mass is 32.2. The van der Waals surface area contributed by atoms with Gasteiger partial charge in [-0.15, -0.1) is 11.8 Å². The molecule has 0 saturated heterocycles. The van der Waals surface area contributed by atoms with E-state index in [0.29, 0.717) is 13.1 Å². The van der Waals surface area contributed by atoms with Crippen LogP contribution in [0.3, 0.4) is 0 Å². The molecule has 1 N–H and O–H groups in total. The normalized spacial score (nSPS) is 10.9. The molecular formula is C19H21N3OS. The molecule has 0 aliphatic carbocycles. The van der Waals surface area contributed by atoms with Gasteiger partial charge in [0.15, 0.2) is 0 Å². The average molecular weight is 339 g/mol. The Labute approximate surface area is 146 Å². The summed E-state index contributed by atoms with van der Waals surface area (Å²) in [4.78, 5) is 18.1. The fraction of sp³-hybridized carbons (Fsp3) is 0.263. The summed E-state index contributed by atoms with van der Waals surface area (Å²) in [6.45, 7) is 5.37. The topological polar surface area (TPSA) is 46.9 Å². The molecule has 2 aromatic carbocycles. The van der Waals surface area contributed by atoms with Gasteiger partial charge in [-0.05, 0) is 36.9 Å². The van der Waals surface area contributed by atoms with Crippen LogP contribution in [0.15, 0.2) is 53.4 Å². The fourth-order valence-corrected chi connectivity index (χ4v) is 3.59. The van der Waals surface area contributed by atoms with Crippen molar-refractivity contribution in [2.45, 2.75) is 25.3 Å². The van der Waals surface area contributed by atoms with Crippen LogP contribution in [-0.2, 0) is 6.54 Å². The summed E-state index contributed by atoms with van der Waals surface area (Å²) in [6.07, 6.45) is 0. The lowest BCUT2D eigenvalue weighted by atomic mass is 10.2. The number of amides is 1. The van der Waals surface area contributed by atoms with Gasteiger partial charge < -0.3 is 9.88 Å². The standard InChI is InChI=1S/C19H21N3OS/c1-3-24-18-11-7-4-8-15(18)19(23)20-12-13-22-14(2)21-16-9-5-6-10-17(16)22/h4-11H,3,12-13H2,1-2H3,(H,20,23). The highest BCUT2D eigenvalue weighted by Crippen LogP contribution is 2.22. The van der Waals surface area contributed by atoms with Crippen LogP contribution in [-0.4, -0.2) is 27.8 Å². The Hall–Kier alpha value is -2.27. The van der Waals surface area contributed by atoms with Crippen molar-refractivity contribution in [1.82, 2.24) is 14.9 Å². The van der Waals surface area contributed by atoms with Crippen LogP contribution in [0.1, 0.15) is 23.1 Å². The SMILES string of the molecule is CCSc1ccccc1C(=O)NCCn1c(C)nc2ccccc21. The van der Waals surface area contributed by atoms with Crippen LogP contribution < -0.4 is 5.32 Å². The quantitative estimate of drug-likeness (QED) is 0.693. The molecule has 3 rings (SSSR count). The van der Waals surface area contributed by atoms with Gasteiger partial charge in [0.2, 0.25) is 0 Å². The Morgan fingerprint density at radius 2 is 1.92 bits per heavy atom. The molecule has 0 spiro atoms. The van der Waals surface area contributed by atoms with Crippen molar-refractivity contribution in [1.29, 1.82) is 0 Å². The Bertz CT molecular complexity index is 857. The van der Waals surface area contributed by atoms with Crippen molar-refractivity contribution < 1.29 is 4.79 Å². The second-order valence-corrected chi connectivity index (χ2v) is 6.79. The van der Waals surface area contributed by atoms with E-state index in [1.54, 1.807) is 11.8 Å². The number of hydrogen-bond acceptors (Lipinski definition) is 3. The van der Waals surface area contributed by atoms with Crippen LogP contribution in [0.2, 0.25) is 0 Å². The van der Waals surface area contributed by atoms with Crippen LogP contribution in [0.4, 0.5) is 0 Å². The minimum Gasteiger partial charge on any atom is -0.350 e. The summed E-state index contributed by atoms with van der Waals surface area (Å²) >= 11 is 1.69. The number of rotatable bonds is 6. The minimum atomic E-state index is -0.0198. The number of benzene rings is 2. The van der Waals surface area contributed by atoms with Gasteiger partial charge >= 0.3 is 0 Å². The molecule has 0 unspecified atom stereocenters. The first-order chi connectivity index (χ1) is 11.7. The van der Waals surface area contributed by atoms with Gasteiger partial charge in [-0.1, -0.05) is 31.2 Å². The molecule has 0 aliphatic heterocycles. The molecule has 0 saturated carbocycles. The summed E-state index contributed by atoms with van der Waals surface area (Å²) in [7, 11) is 0. The van der Waals surface area contributed by atoms with E-state index in [1.807, 2.05) is 49.4 Å². The molecule has 5 heteroatoms. The second kappa shape index (κ2) is 7.53. The van der Waals surface area contributed by atoms with E-state index in [1.165, 1.54) is 0 Å². The van der Waals surface area contributed by atoms with Crippen molar-refractivity contribution in [2.75, 3.05) is 12.3 Å². The first kappa shape index (κ1) is 16.6. The summed E-state index contributed by atoms with van der Waals surface area (Å²) in [5.41, 5.74) is 2.84. The minimum absolute atomic E-state index is 0.0198. The zero-order valence-electron chi connectivity index (χ0n) is 14.0. The number of aryl methyl sites for hydroxylation is 1. The molecule has 1 heterocycles. The van der Waals surface area contributed by atoms with Crippen LogP contribution in [0.5, 0.6) is 0 Å². The number of fused-ring (bicyclic) bond motifs is 1. The van der Waals surface area contributed by atoms with Gasteiger partial charge in [-0.2, -0.15) is 0 Å². The Morgan fingerprint density at radius 1 is 1.17 bits per heavy atom. The van der Waals surface area contributed by atoms with Crippen molar-refractivity contribution in [3.63, 3.8) is 0 Å². The zero-order valence-corrected chi connectivity index (χ0v) is 14.8. The number of hydrogen-bond donors (Lipinski definition) is 1. The Balaban J connectivity index is 1.68. The van der Waals surface area contributed by atoms with Gasteiger partial charge in [0.25, 0.3) is 5.91 Å². The molecule has 0 fully saturated rings. The van der Waals surface area contributed by atoms with E-state index in [2.05, 4.69) is 27.9 Å². The molecule has 4 nitrogen and oxygen atoms in total. The third-order valence-corrected chi connectivity index (χ3v) is 4.85. The summed E-state index contributed by atoms with van der Waals surface area (Å²) < 4.78 is 2.14. The second-order valence-electron chi connectivity index (χ2n) is 5.48. The lowest BCUT2D eigenvalue weighted by Crippen LogP contribution is -2.27. The third-order valence-electron chi connectivity index (χ3n) is 3.90. The van der Waals surface area contributed by atoms with Crippen molar-refractivity contribution in [2.24, 2.45) is 0 Å². The number of carbonyl (C=O) groups is 1.